The van der Waals surface area contributed by atoms with E-state index >= 15 is 0 Å². The maximum atomic E-state index is 11.7. The molecule has 0 atom stereocenters. The van der Waals surface area contributed by atoms with Gasteiger partial charge in [0.15, 0.2) is 0 Å². The minimum Gasteiger partial charge on any atom is -0.497 e. The zero-order chi connectivity index (χ0) is 12.0. The Hall–Kier alpha value is -1.11. The van der Waals surface area contributed by atoms with E-state index in [1.54, 1.807) is 12.1 Å². The molecular weight excluding hydrogens is 230 g/mol. The summed E-state index contributed by atoms with van der Waals surface area (Å²) < 4.78 is 35.5. The van der Waals surface area contributed by atoms with Gasteiger partial charge in [-0.25, -0.2) is 13.1 Å². The highest BCUT2D eigenvalue weighted by Gasteiger charge is 2.12. The first-order valence-corrected chi connectivity index (χ1v) is 6.21. The SMILES string of the molecule is COCCNS(=O)(=O)c1ccc(OC)cc1. The van der Waals surface area contributed by atoms with Crippen LogP contribution in [0.4, 0.5) is 0 Å². The van der Waals surface area contributed by atoms with Gasteiger partial charge in [0.25, 0.3) is 0 Å². The maximum Gasteiger partial charge on any atom is 0.240 e. The fourth-order valence-corrected chi connectivity index (χ4v) is 2.13. The van der Waals surface area contributed by atoms with E-state index < -0.39 is 10.0 Å². The molecule has 1 aromatic carbocycles. The predicted octanol–water partition coefficient (Wildman–Crippen LogP) is 0.620. The van der Waals surface area contributed by atoms with Crippen LogP contribution in [0, 0.1) is 0 Å². The lowest BCUT2D eigenvalue weighted by Crippen LogP contribution is -2.27. The maximum absolute atomic E-state index is 11.7. The van der Waals surface area contributed by atoms with Crippen molar-refractivity contribution in [3.05, 3.63) is 24.3 Å². The summed E-state index contributed by atoms with van der Waals surface area (Å²) in [5, 5.41) is 0. The topological polar surface area (TPSA) is 64.6 Å². The van der Waals surface area contributed by atoms with Crippen LogP contribution in [0.1, 0.15) is 0 Å². The first-order chi connectivity index (χ1) is 7.60. The monoisotopic (exact) mass is 245 g/mol. The number of hydrogen-bond donors (Lipinski definition) is 1. The van der Waals surface area contributed by atoms with Crippen molar-refractivity contribution in [2.24, 2.45) is 0 Å². The van der Waals surface area contributed by atoms with Gasteiger partial charge >= 0.3 is 0 Å². The Kier molecular flexibility index (Phi) is 4.72. The molecule has 0 unspecified atom stereocenters. The number of sulfonamides is 1. The molecule has 90 valence electrons. The molecule has 1 aromatic rings. The highest BCUT2D eigenvalue weighted by atomic mass is 32.2. The van der Waals surface area contributed by atoms with Crippen LogP contribution in [-0.4, -0.2) is 35.8 Å². The smallest absolute Gasteiger partial charge is 0.240 e. The highest BCUT2D eigenvalue weighted by molar-refractivity contribution is 7.89. The Labute approximate surface area is 95.4 Å². The summed E-state index contributed by atoms with van der Waals surface area (Å²) in [6.07, 6.45) is 0. The summed E-state index contributed by atoms with van der Waals surface area (Å²) in [7, 11) is -0.399. The zero-order valence-corrected chi connectivity index (χ0v) is 10.1. The average molecular weight is 245 g/mol. The second-order valence-corrected chi connectivity index (χ2v) is 4.83. The molecule has 0 radical (unpaired) electrons. The van der Waals surface area contributed by atoms with E-state index in [0.717, 1.165) is 0 Å². The standard InChI is InChI=1S/C10H15NO4S/c1-14-8-7-11-16(12,13)10-5-3-9(15-2)4-6-10/h3-6,11H,7-8H2,1-2H3. The minimum absolute atomic E-state index is 0.212. The quantitative estimate of drug-likeness (QED) is 0.746. The Balaban J connectivity index is 2.74. The lowest BCUT2D eigenvalue weighted by Gasteiger charge is -2.06. The number of benzene rings is 1. The van der Waals surface area contributed by atoms with E-state index in [9.17, 15) is 8.42 Å². The molecule has 6 heteroatoms. The lowest BCUT2D eigenvalue weighted by molar-refractivity contribution is 0.204. The van der Waals surface area contributed by atoms with Gasteiger partial charge in [-0.05, 0) is 24.3 Å². The molecule has 0 saturated carbocycles. The molecule has 0 spiro atoms. The van der Waals surface area contributed by atoms with Crippen molar-refractivity contribution >= 4 is 10.0 Å². The molecule has 0 amide bonds. The zero-order valence-electron chi connectivity index (χ0n) is 9.26. The fourth-order valence-electron chi connectivity index (χ4n) is 1.12. The molecule has 0 fully saturated rings. The molecule has 0 bridgehead atoms. The van der Waals surface area contributed by atoms with Crippen LogP contribution in [0.25, 0.3) is 0 Å². The summed E-state index contributed by atoms with van der Waals surface area (Å²) in [5.41, 5.74) is 0. The van der Waals surface area contributed by atoms with E-state index in [0.29, 0.717) is 12.4 Å². The van der Waals surface area contributed by atoms with Gasteiger partial charge in [-0.1, -0.05) is 0 Å². The molecule has 0 heterocycles. The fraction of sp³-hybridized carbons (Fsp3) is 0.400. The molecular formula is C10H15NO4S. The Bertz CT molecular complexity index is 413. The van der Waals surface area contributed by atoms with Crippen LogP contribution < -0.4 is 9.46 Å². The van der Waals surface area contributed by atoms with Crippen LogP contribution in [0.3, 0.4) is 0 Å². The lowest BCUT2D eigenvalue weighted by atomic mass is 10.3. The third-order valence-electron chi connectivity index (χ3n) is 1.97. The molecule has 0 saturated heterocycles. The van der Waals surface area contributed by atoms with Crippen molar-refractivity contribution < 1.29 is 17.9 Å². The number of methoxy groups -OCH3 is 2. The predicted molar refractivity (Wildman–Crippen MR) is 60.1 cm³/mol. The van der Waals surface area contributed by atoms with Crippen molar-refractivity contribution in [1.82, 2.24) is 4.72 Å². The van der Waals surface area contributed by atoms with E-state index in [1.165, 1.54) is 26.4 Å². The number of ether oxygens (including phenoxy) is 2. The molecule has 0 aliphatic rings. The summed E-state index contributed by atoms with van der Waals surface area (Å²) in [6.45, 7) is 0.597. The Morgan fingerprint density at radius 2 is 1.81 bits per heavy atom. The van der Waals surface area contributed by atoms with Crippen molar-refractivity contribution in [2.45, 2.75) is 4.90 Å². The molecule has 1 rings (SSSR count). The van der Waals surface area contributed by atoms with Crippen LogP contribution in [0.2, 0.25) is 0 Å². The van der Waals surface area contributed by atoms with Crippen molar-refractivity contribution in [2.75, 3.05) is 27.4 Å². The largest absolute Gasteiger partial charge is 0.497 e. The molecule has 5 nitrogen and oxygen atoms in total. The van der Waals surface area contributed by atoms with Crippen molar-refractivity contribution in [3.63, 3.8) is 0 Å². The highest BCUT2D eigenvalue weighted by Crippen LogP contribution is 2.14. The third kappa shape index (κ3) is 3.48. The van der Waals surface area contributed by atoms with E-state index in [4.69, 9.17) is 9.47 Å². The van der Waals surface area contributed by atoms with Crippen molar-refractivity contribution in [1.29, 1.82) is 0 Å². The van der Waals surface area contributed by atoms with E-state index in [-0.39, 0.29) is 11.4 Å². The van der Waals surface area contributed by atoms with E-state index in [2.05, 4.69) is 4.72 Å². The van der Waals surface area contributed by atoms with E-state index in [1.807, 2.05) is 0 Å². The van der Waals surface area contributed by atoms with Crippen LogP contribution in [-0.2, 0) is 14.8 Å². The van der Waals surface area contributed by atoms with Crippen LogP contribution in [0.5, 0.6) is 5.75 Å². The molecule has 16 heavy (non-hydrogen) atoms. The van der Waals surface area contributed by atoms with Gasteiger partial charge < -0.3 is 9.47 Å². The van der Waals surface area contributed by atoms with Gasteiger partial charge in [-0.15, -0.1) is 0 Å². The van der Waals surface area contributed by atoms with Gasteiger partial charge in [0.1, 0.15) is 5.75 Å². The summed E-state index contributed by atoms with van der Waals surface area (Å²) >= 11 is 0. The van der Waals surface area contributed by atoms with Gasteiger partial charge in [-0.3, -0.25) is 0 Å². The second kappa shape index (κ2) is 5.83. The Morgan fingerprint density at radius 3 is 2.31 bits per heavy atom. The van der Waals surface area contributed by atoms with Gasteiger partial charge in [0.05, 0.1) is 18.6 Å². The van der Waals surface area contributed by atoms with Gasteiger partial charge in [-0.2, -0.15) is 0 Å². The van der Waals surface area contributed by atoms with Crippen molar-refractivity contribution in [3.8, 4) is 5.75 Å². The van der Waals surface area contributed by atoms with Gasteiger partial charge in [0.2, 0.25) is 10.0 Å². The molecule has 0 aliphatic carbocycles. The van der Waals surface area contributed by atoms with Crippen LogP contribution >= 0.6 is 0 Å². The second-order valence-electron chi connectivity index (χ2n) is 3.07. The molecule has 0 aliphatic heterocycles. The molecule has 1 N–H and O–H groups in total. The number of hydrogen-bond acceptors (Lipinski definition) is 4. The summed E-state index contributed by atoms with van der Waals surface area (Å²) in [6, 6.07) is 6.19. The van der Waals surface area contributed by atoms with Crippen LogP contribution in [0.15, 0.2) is 29.2 Å². The normalized spacial score (nSPS) is 11.4. The third-order valence-corrected chi connectivity index (χ3v) is 3.44. The first kappa shape index (κ1) is 13.0. The summed E-state index contributed by atoms with van der Waals surface area (Å²) in [4.78, 5) is 0.212. The molecule has 0 aromatic heterocycles. The van der Waals surface area contributed by atoms with Gasteiger partial charge in [0, 0.05) is 13.7 Å². The first-order valence-electron chi connectivity index (χ1n) is 4.73. The number of rotatable bonds is 6. The number of nitrogens with one attached hydrogen (secondary N) is 1. The minimum atomic E-state index is -3.44. The average Bonchev–Trinajstić information content (AvgIpc) is 2.29. The summed E-state index contributed by atoms with van der Waals surface area (Å²) in [5.74, 6) is 0.621. The Morgan fingerprint density at radius 1 is 1.19 bits per heavy atom.